The van der Waals surface area contributed by atoms with Gasteiger partial charge in [-0.3, -0.25) is 9.59 Å². The molecule has 2 rings (SSSR count). The topological polar surface area (TPSA) is 59.1 Å². The van der Waals surface area contributed by atoms with Crippen molar-refractivity contribution in [2.45, 2.75) is 40.0 Å². The minimum Gasteiger partial charge on any atom is -0.493 e. The van der Waals surface area contributed by atoms with E-state index in [1.807, 2.05) is 28.0 Å². The van der Waals surface area contributed by atoms with E-state index in [9.17, 15) is 9.59 Å². The molecule has 0 saturated carbocycles. The summed E-state index contributed by atoms with van der Waals surface area (Å²) in [5, 5.41) is 0. The lowest BCUT2D eigenvalue weighted by molar-refractivity contribution is -0.140. The molecule has 6 heteroatoms. The van der Waals surface area contributed by atoms with Crippen molar-refractivity contribution in [1.29, 1.82) is 0 Å². The molecule has 0 aromatic heterocycles. The molecule has 27 heavy (non-hydrogen) atoms. The average molecular weight is 376 g/mol. The molecule has 0 bridgehead atoms. The van der Waals surface area contributed by atoms with Gasteiger partial charge in [0, 0.05) is 39.0 Å². The predicted molar refractivity (Wildman–Crippen MR) is 105 cm³/mol. The van der Waals surface area contributed by atoms with Crippen molar-refractivity contribution < 1.29 is 19.1 Å². The number of aryl methyl sites for hydroxylation is 1. The number of rotatable bonds is 6. The Bertz CT molecular complexity index is 659. The summed E-state index contributed by atoms with van der Waals surface area (Å²) < 4.78 is 10.5. The van der Waals surface area contributed by atoms with Crippen LogP contribution in [0.5, 0.6) is 11.5 Å². The van der Waals surface area contributed by atoms with Crippen LogP contribution in [-0.4, -0.2) is 62.0 Å². The third-order valence-corrected chi connectivity index (χ3v) is 4.74. The largest absolute Gasteiger partial charge is 0.493 e. The second-order valence-corrected chi connectivity index (χ2v) is 8.19. The molecular weight excluding hydrogens is 344 g/mol. The number of carbonyl (C=O) groups is 2. The van der Waals surface area contributed by atoms with Crippen LogP contribution >= 0.6 is 0 Å². The minimum atomic E-state index is -0.0105. The first kappa shape index (κ1) is 21.1. The maximum atomic E-state index is 12.5. The van der Waals surface area contributed by atoms with E-state index in [0.717, 1.165) is 5.56 Å². The molecule has 150 valence electrons. The van der Waals surface area contributed by atoms with Crippen molar-refractivity contribution >= 4 is 11.8 Å². The van der Waals surface area contributed by atoms with Crippen LogP contribution in [-0.2, 0) is 16.0 Å². The molecule has 0 atom stereocenters. The first-order chi connectivity index (χ1) is 12.7. The van der Waals surface area contributed by atoms with Gasteiger partial charge in [-0.25, -0.2) is 0 Å². The van der Waals surface area contributed by atoms with E-state index in [1.54, 1.807) is 14.2 Å². The van der Waals surface area contributed by atoms with Gasteiger partial charge in [0.1, 0.15) is 0 Å². The van der Waals surface area contributed by atoms with E-state index in [4.69, 9.17) is 9.47 Å². The smallest absolute Gasteiger partial charge is 0.223 e. The van der Waals surface area contributed by atoms with Gasteiger partial charge in [0.2, 0.25) is 11.8 Å². The summed E-state index contributed by atoms with van der Waals surface area (Å²) in [7, 11) is 3.21. The highest BCUT2D eigenvalue weighted by atomic mass is 16.5. The minimum absolute atomic E-state index is 0.0105. The van der Waals surface area contributed by atoms with E-state index in [2.05, 4.69) is 20.8 Å². The van der Waals surface area contributed by atoms with Gasteiger partial charge < -0.3 is 19.3 Å². The van der Waals surface area contributed by atoms with Crippen molar-refractivity contribution in [3.8, 4) is 11.5 Å². The summed E-state index contributed by atoms with van der Waals surface area (Å²) in [4.78, 5) is 28.6. The van der Waals surface area contributed by atoms with Gasteiger partial charge in [-0.15, -0.1) is 0 Å². The maximum absolute atomic E-state index is 12.5. The van der Waals surface area contributed by atoms with Gasteiger partial charge in [-0.05, 0) is 29.5 Å². The lowest BCUT2D eigenvalue weighted by Crippen LogP contribution is -2.51. The van der Waals surface area contributed by atoms with E-state index >= 15 is 0 Å². The number of carbonyl (C=O) groups excluding carboxylic acids is 2. The molecule has 1 heterocycles. The van der Waals surface area contributed by atoms with Crippen LogP contribution < -0.4 is 9.47 Å². The summed E-state index contributed by atoms with van der Waals surface area (Å²) in [6.45, 7) is 8.67. The molecule has 0 aliphatic carbocycles. The number of ether oxygens (including phenoxy) is 2. The Balaban J connectivity index is 1.82. The van der Waals surface area contributed by atoms with Gasteiger partial charge in [-0.1, -0.05) is 26.8 Å². The van der Waals surface area contributed by atoms with Crippen molar-refractivity contribution in [2.75, 3.05) is 40.4 Å². The Morgan fingerprint density at radius 3 is 2.00 bits per heavy atom. The van der Waals surface area contributed by atoms with Crippen molar-refractivity contribution in [3.63, 3.8) is 0 Å². The Hall–Kier alpha value is -2.24. The molecule has 1 aromatic carbocycles. The molecule has 6 nitrogen and oxygen atoms in total. The molecule has 1 saturated heterocycles. The maximum Gasteiger partial charge on any atom is 0.223 e. The number of benzene rings is 1. The number of hydrogen-bond acceptors (Lipinski definition) is 4. The molecule has 0 spiro atoms. The first-order valence-electron chi connectivity index (χ1n) is 9.50. The number of piperazine rings is 1. The lowest BCUT2D eigenvalue weighted by Gasteiger charge is -2.36. The Morgan fingerprint density at radius 2 is 1.48 bits per heavy atom. The highest BCUT2D eigenvalue weighted by molar-refractivity contribution is 5.79. The van der Waals surface area contributed by atoms with Gasteiger partial charge in [-0.2, -0.15) is 0 Å². The van der Waals surface area contributed by atoms with Crippen molar-refractivity contribution in [2.24, 2.45) is 5.41 Å². The molecular formula is C21H32N2O4. The monoisotopic (exact) mass is 376 g/mol. The zero-order valence-corrected chi connectivity index (χ0v) is 17.2. The van der Waals surface area contributed by atoms with Gasteiger partial charge in [0.05, 0.1) is 14.2 Å². The van der Waals surface area contributed by atoms with Crippen LogP contribution in [0.25, 0.3) is 0 Å². The van der Waals surface area contributed by atoms with Crippen LogP contribution in [0.15, 0.2) is 18.2 Å². The van der Waals surface area contributed by atoms with E-state index in [1.165, 1.54) is 0 Å². The van der Waals surface area contributed by atoms with E-state index in [-0.39, 0.29) is 17.2 Å². The zero-order valence-electron chi connectivity index (χ0n) is 17.2. The van der Waals surface area contributed by atoms with Crippen LogP contribution in [0.1, 0.15) is 39.2 Å². The Kier molecular flexibility index (Phi) is 7.11. The van der Waals surface area contributed by atoms with E-state index in [0.29, 0.717) is 56.9 Å². The van der Waals surface area contributed by atoms with Crippen LogP contribution in [0.3, 0.4) is 0 Å². The van der Waals surface area contributed by atoms with Gasteiger partial charge in [0.25, 0.3) is 0 Å². The third kappa shape index (κ3) is 6.15. The second kappa shape index (κ2) is 9.11. The first-order valence-corrected chi connectivity index (χ1v) is 9.50. The fraction of sp³-hybridized carbons (Fsp3) is 0.619. The number of hydrogen-bond donors (Lipinski definition) is 0. The Morgan fingerprint density at radius 1 is 0.926 bits per heavy atom. The normalized spacial score (nSPS) is 14.9. The van der Waals surface area contributed by atoms with Crippen molar-refractivity contribution in [1.82, 2.24) is 9.80 Å². The highest BCUT2D eigenvalue weighted by Gasteiger charge is 2.26. The van der Waals surface area contributed by atoms with Gasteiger partial charge in [0.15, 0.2) is 11.5 Å². The SMILES string of the molecule is COc1ccc(CCC(=O)N2CCN(C(=O)CC(C)(C)C)CC2)cc1OC. The summed E-state index contributed by atoms with van der Waals surface area (Å²) in [5.74, 6) is 1.67. The lowest BCUT2D eigenvalue weighted by atomic mass is 9.91. The van der Waals surface area contributed by atoms with Crippen LogP contribution in [0.2, 0.25) is 0 Å². The molecule has 0 N–H and O–H groups in total. The van der Waals surface area contributed by atoms with Crippen LogP contribution in [0, 0.1) is 5.41 Å². The number of nitrogens with zero attached hydrogens (tertiary/aromatic N) is 2. The highest BCUT2D eigenvalue weighted by Crippen LogP contribution is 2.28. The number of methoxy groups -OCH3 is 2. The van der Waals surface area contributed by atoms with Crippen molar-refractivity contribution in [3.05, 3.63) is 23.8 Å². The molecule has 0 unspecified atom stereocenters. The fourth-order valence-electron chi connectivity index (χ4n) is 3.22. The quantitative estimate of drug-likeness (QED) is 0.766. The Labute approximate surface area is 162 Å². The van der Waals surface area contributed by atoms with E-state index < -0.39 is 0 Å². The van der Waals surface area contributed by atoms with Gasteiger partial charge >= 0.3 is 0 Å². The fourth-order valence-corrected chi connectivity index (χ4v) is 3.22. The number of amides is 2. The summed E-state index contributed by atoms with van der Waals surface area (Å²) in [6, 6.07) is 5.73. The zero-order chi connectivity index (χ0) is 20.0. The molecule has 1 fully saturated rings. The molecule has 0 radical (unpaired) electrons. The molecule has 1 aliphatic rings. The molecule has 1 aromatic rings. The predicted octanol–water partition coefficient (Wildman–Crippen LogP) is 2.74. The second-order valence-electron chi connectivity index (χ2n) is 8.19. The summed E-state index contributed by atoms with van der Waals surface area (Å²) in [5.41, 5.74) is 1.03. The molecule has 1 aliphatic heterocycles. The third-order valence-electron chi connectivity index (χ3n) is 4.74. The standard InChI is InChI=1S/C21H32N2O4/c1-21(2,3)15-20(25)23-12-10-22(11-13-23)19(24)9-7-16-6-8-17(26-4)18(14-16)27-5/h6,8,14H,7,9-13,15H2,1-5H3. The van der Waals surface area contributed by atoms with Crippen LogP contribution in [0.4, 0.5) is 0 Å². The molecule has 2 amide bonds. The average Bonchev–Trinajstić information content (AvgIpc) is 2.64. The summed E-state index contributed by atoms with van der Waals surface area (Å²) in [6.07, 6.45) is 1.65. The summed E-state index contributed by atoms with van der Waals surface area (Å²) >= 11 is 0.